The van der Waals surface area contributed by atoms with Crippen molar-refractivity contribution in [2.75, 3.05) is 33.3 Å². The summed E-state index contributed by atoms with van der Waals surface area (Å²) in [5, 5.41) is 16.4. The number of carbonyl (C=O) groups excluding carboxylic acids is 1. The second-order valence-corrected chi connectivity index (χ2v) is 8.09. The minimum atomic E-state index is -0.339. The number of unbranched alkanes of at least 4 members (excludes halogenated alkanes) is 9. The molecule has 0 aliphatic heterocycles. The van der Waals surface area contributed by atoms with Gasteiger partial charge in [0.25, 0.3) is 0 Å². The molecule has 0 aromatic heterocycles. The summed E-state index contributed by atoms with van der Waals surface area (Å²) in [5.74, 6) is 0.136. The van der Waals surface area contributed by atoms with Crippen molar-refractivity contribution < 1.29 is 14.6 Å². The van der Waals surface area contributed by atoms with Crippen molar-refractivity contribution in [3.05, 3.63) is 0 Å². The van der Waals surface area contributed by atoms with E-state index in [1.54, 1.807) is 7.11 Å². The number of hydrogen-bond donors (Lipinski definition) is 4. The third kappa shape index (κ3) is 19.0. The second kappa shape index (κ2) is 22.0. The maximum absolute atomic E-state index is 11.7. The molecule has 0 rings (SSSR count). The predicted octanol–water partition coefficient (Wildman–Crippen LogP) is 3.51. The Bertz CT molecular complexity index is 356. The number of carbonyl (C=O) groups is 1. The maximum Gasteiger partial charge on any atom is 0.220 e. The highest BCUT2D eigenvalue weighted by Crippen LogP contribution is 2.17. The van der Waals surface area contributed by atoms with E-state index in [2.05, 4.69) is 17.6 Å². The van der Waals surface area contributed by atoms with Crippen LogP contribution in [0, 0.1) is 0 Å². The molecule has 0 aliphatic rings. The Labute approximate surface area is 179 Å². The summed E-state index contributed by atoms with van der Waals surface area (Å²) in [6, 6.07) is 0. The second-order valence-electron chi connectivity index (χ2n) is 8.09. The standard InChI is InChI=1S/C23H49N3O3/c1-3-4-5-6-8-11-14-21(27)22(29-2)15-12-9-7-10-13-16-23(28)26-20-19-25-18-17-24/h21-22,25,27H,3-20,24H2,1-2H3,(H,26,28). The number of methoxy groups -OCH3 is 1. The van der Waals surface area contributed by atoms with Crippen molar-refractivity contribution in [1.29, 1.82) is 0 Å². The van der Waals surface area contributed by atoms with Gasteiger partial charge in [0.1, 0.15) is 0 Å². The molecule has 6 nitrogen and oxygen atoms in total. The molecule has 0 radical (unpaired) electrons. The molecule has 6 heteroatoms. The van der Waals surface area contributed by atoms with Crippen molar-refractivity contribution in [1.82, 2.24) is 10.6 Å². The molecular formula is C23H49N3O3. The third-order valence-corrected chi connectivity index (χ3v) is 5.42. The first-order valence-corrected chi connectivity index (χ1v) is 12.0. The molecule has 2 atom stereocenters. The molecule has 1 amide bonds. The fourth-order valence-electron chi connectivity index (χ4n) is 3.55. The van der Waals surface area contributed by atoms with Gasteiger partial charge in [-0.25, -0.2) is 0 Å². The summed E-state index contributed by atoms with van der Waals surface area (Å²) < 4.78 is 5.51. The number of hydrogen-bond acceptors (Lipinski definition) is 5. The molecule has 0 saturated carbocycles. The van der Waals surface area contributed by atoms with Crippen LogP contribution in [0.5, 0.6) is 0 Å². The van der Waals surface area contributed by atoms with Crippen LogP contribution < -0.4 is 16.4 Å². The highest BCUT2D eigenvalue weighted by molar-refractivity contribution is 5.75. The normalized spacial score (nSPS) is 13.4. The minimum absolute atomic E-state index is 0.0377. The van der Waals surface area contributed by atoms with Crippen LogP contribution in [0.2, 0.25) is 0 Å². The van der Waals surface area contributed by atoms with Crippen LogP contribution in [0.3, 0.4) is 0 Å². The fourth-order valence-corrected chi connectivity index (χ4v) is 3.55. The molecule has 2 unspecified atom stereocenters. The lowest BCUT2D eigenvalue weighted by Gasteiger charge is -2.21. The van der Waals surface area contributed by atoms with Gasteiger partial charge in [0.2, 0.25) is 5.91 Å². The Kier molecular flexibility index (Phi) is 21.5. The lowest BCUT2D eigenvalue weighted by Crippen LogP contribution is -2.33. The number of ether oxygens (including phenoxy) is 1. The Hall–Kier alpha value is -0.690. The van der Waals surface area contributed by atoms with Gasteiger partial charge in [-0.3, -0.25) is 4.79 Å². The molecule has 0 aromatic rings. The van der Waals surface area contributed by atoms with E-state index in [-0.39, 0.29) is 18.1 Å². The molecule has 0 heterocycles. The van der Waals surface area contributed by atoms with E-state index < -0.39 is 0 Å². The molecule has 0 bridgehead atoms. The number of nitrogens with one attached hydrogen (secondary N) is 2. The largest absolute Gasteiger partial charge is 0.390 e. The predicted molar refractivity (Wildman–Crippen MR) is 122 cm³/mol. The first kappa shape index (κ1) is 28.3. The average molecular weight is 416 g/mol. The van der Waals surface area contributed by atoms with Crippen molar-refractivity contribution in [3.8, 4) is 0 Å². The van der Waals surface area contributed by atoms with Crippen molar-refractivity contribution in [2.24, 2.45) is 5.73 Å². The van der Waals surface area contributed by atoms with Gasteiger partial charge in [0.15, 0.2) is 0 Å². The van der Waals surface area contributed by atoms with Gasteiger partial charge >= 0.3 is 0 Å². The zero-order chi connectivity index (χ0) is 21.6. The number of rotatable bonds is 22. The van der Waals surface area contributed by atoms with Crippen LogP contribution >= 0.6 is 0 Å². The van der Waals surface area contributed by atoms with Gasteiger partial charge < -0.3 is 26.2 Å². The Morgan fingerprint density at radius 1 is 0.897 bits per heavy atom. The van der Waals surface area contributed by atoms with Gasteiger partial charge in [0.05, 0.1) is 12.2 Å². The van der Waals surface area contributed by atoms with Crippen LogP contribution in [0.1, 0.15) is 96.8 Å². The van der Waals surface area contributed by atoms with E-state index in [0.717, 1.165) is 64.5 Å². The average Bonchev–Trinajstić information content (AvgIpc) is 2.72. The van der Waals surface area contributed by atoms with Gasteiger partial charge in [-0.05, 0) is 19.3 Å². The number of nitrogens with two attached hydrogens (primary N) is 1. The molecule has 29 heavy (non-hydrogen) atoms. The molecule has 0 fully saturated rings. The SMILES string of the molecule is CCCCCCCCC(O)C(CCCCCCCC(=O)NCCNCCN)OC. The van der Waals surface area contributed by atoms with Crippen molar-refractivity contribution >= 4 is 5.91 Å². The summed E-state index contributed by atoms with van der Waals surface area (Å²) in [4.78, 5) is 11.7. The Morgan fingerprint density at radius 2 is 1.52 bits per heavy atom. The molecule has 0 spiro atoms. The summed E-state index contributed by atoms with van der Waals surface area (Å²) in [5.41, 5.74) is 5.39. The van der Waals surface area contributed by atoms with Crippen LogP contribution in [0.15, 0.2) is 0 Å². The van der Waals surface area contributed by atoms with E-state index in [0.29, 0.717) is 19.5 Å². The zero-order valence-corrected chi connectivity index (χ0v) is 19.2. The lowest BCUT2D eigenvalue weighted by molar-refractivity contribution is -0.121. The first-order chi connectivity index (χ1) is 14.2. The number of aliphatic hydroxyl groups excluding tert-OH is 1. The quantitative estimate of drug-likeness (QED) is 0.203. The third-order valence-electron chi connectivity index (χ3n) is 5.42. The number of amides is 1. The van der Waals surface area contributed by atoms with E-state index in [1.165, 1.54) is 32.1 Å². The molecule has 174 valence electrons. The van der Waals surface area contributed by atoms with Crippen LogP contribution in [0.25, 0.3) is 0 Å². The number of aliphatic hydroxyl groups is 1. The highest BCUT2D eigenvalue weighted by atomic mass is 16.5. The van der Waals surface area contributed by atoms with E-state index in [9.17, 15) is 9.90 Å². The lowest BCUT2D eigenvalue weighted by atomic mass is 9.99. The summed E-state index contributed by atoms with van der Waals surface area (Å²) in [7, 11) is 1.71. The highest BCUT2D eigenvalue weighted by Gasteiger charge is 2.17. The van der Waals surface area contributed by atoms with E-state index in [4.69, 9.17) is 10.5 Å². The van der Waals surface area contributed by atoms with Crippen LogP contribution in [-0.4, -0.2) is 56.5 Å². The molecule has 0 aromatic carbocycles. The van der Waals surface area contributed by atoms with E-state index in [1.807, 2.05) is 0 Å². The summed E-state index contributed by atoms with van der Waals surface area (Å²) in [6.07, 6.45) is 14.9. The van der Waals surface area contributed by atoms with Crippen molar-refractivity contribution in [2.45, 2.75) is 109 Å². The van der Waals surface area contributed by atoms with Gasteiger partial charge in [0, 0.05) is 39.7 Å². The summed E-state index contributed by atoms with van der Waals surface area (Å²) >= 11 is 0. The Morgan fingerprint density at radius 3 is 2.17 bits per heavy atom. The first-order valence-electron chi connectivity index (χ1n) is 12.0. The van der Waals surface area contributed by atoms with Gasteiger partial charge in [-0.2, -0.15) is 0 Å². The van der Waals surface area contributed by atoms with Crippen molar-refractivity contribution in [3.63, 3.8) is 0 Å². The topological polar surface area (TPSA) is 96.6 Å². The van der Waals surface area contributed by atoms with Crippen LogP contribution in [-0.2, 0) is 9.53 Å². The molecule has 5 N–H and O–H groups in total. The van der Waals surface area contributed by atoms with Gasteiger partial charge in [-0.15, -0.1) is 0 Å². The smallest absolute Gasteiger partial charge is 0.220 e. The molecule has 0 saturated heterocycles. The molecule has 0 aliphatic carbocycles. The Balaban J connectivity index is 3.55. The monoisotopic (exact) mass is 415 g/mol. The summed E-state index contributed by atoms with van der Waals surface area (Å²) in [6.45, 7) is 5.08. The minimum Gasteiger partial charge on any atom is -0.390 e. The van der Waals surface area contributed by atoms with Gasteiger partial charge in [-0.1, -0.05) is 71.1 Å². The fraction of sp³-hybridized carbons (Fsp3) is 0.957. The maximum atomic E-state index is 11.7. The molecular weight excluding hydrogens is 366 g/mol. The van der Waals surface area contributed by atoms with Crippen LogP contribution in [0.4, 0.5) is 0 Å². The zero-order valence-electron chi connectivity index (χ0n) is 19.2. The van der Waals surface area contributed by atoms with E-state index >= 15 is 0 Å².